The Hall–Kier alpha value is -1.42. The topological polar surface area (TPSA) is 46.5 Å². The van der Waals surface area contributed by atoms with Gasteiger partial charge in [0.2, 0.25) is 0 Å². The summed E-state index contributed by atoms with van der Waals surface area (Å²) in [6, 6.07) is 8.83. The van der Waals surface area contributed by atoms with E-state index in [0.29, 0.717) is 0 Å². The van der Waals surface area contributed by atoms with Gasteiger partial charge in [0.1, 0.15) is 6.61 Å². The molecule has 0 amide bonds. The third-order valence-electron chi connectivity index (χ3n) is 1.42. The summed E-state index contributed by atoms with van der Waals surface area (Å²) in [5, 5.41) is 8.16. The molecule has 0 heterocycles. The van der Waals surface area contributed by atoms with E-state index in [1.165, 1.54) is 0 Å². The monoisotopic (exact) mass is 184 g/mol. The molecule has 0 spiro atoms. The highest BCUT2D eigenvalue weighted by Gasteiger charge is 2.13. The molecule has 0 saturated heterocycles. The molecule has 1 rings (SSSR count). The number of hydrogen-bond acceptors (Lipinski definition) is 3. The van der Waals surface area contributed by atoms with Gasteiger partial charge in [0.05, 0.1) is 0 Å². The maximum absolute atomic E-state index is 11.9. The number of hydrogen-bond donors (Lipinski definition) is 1. The fourth-order valence-electron chi connectivity index (χ4n) is 0.797. The Kier molecular flexibility index (Phi) is 3.40. The summed E-state index contributed by atoms with van der Waals surface area (Å²) in [6.45, 7) is -0.0271. The van der Waals surface area contributed by atoms with Crippen LogP contribution in [0.5, 0.6) is 0 Å². The van der Waals surface area contributed by atoms with Gasteiger partial charge in [-0.25, -0.2) is 9.18 Å². The number of carbonyl (C=O) groups excluding carboxylic acids is 1. The second kappa shape index (κ2) is 4.57. The van der Waals surface area contributed by atoms with Crippen molar-refractivity contribution in [1.82, 2.24) is 0 Å². The molecule has 1 N–H and O–H groups in total. The number of aliphatic hydroxyl groups is 1. The predicted octanol–water partition coefficient (Wildman–Crippen LogP) is 1.02. The van der Waals surface area contributed by atoms with Crippen molar-refractivity contribution in [2.45, 2.75) is 13.0 Å². The first-order chi connectivity index (χ1) is 6.20. The number of alkyl halides is 1. The minimum absolute atomic E-state index is 0.0271. The Morgan fingerprint density at radius 2 is 2.08 bits per heavy atom. The van der Waals surface area contributed by atoms with Crippen LogP contribution in [0.2, 0.25) is 0 Å². The van der Waals surface area contributed by atoms with Crippen molar-refractivity contribution < 1.29 is 19.0 Å². The van der Waals surface area contributed by atoms with Crippen molar-refractivity contribution in [3.63, 3.8) is 0 Å². The van der Waals surface area contributed by atoms with Crippen LogP contribution < -0.4 is 0 Å². The molecule has 0 radical (unpaired) electrons. The van der Waals surface area contributed by atoms with Crippen molar-refractivity contribution in [2.24, 2.45) is 0 Å². The zero-order valence-corrected chi connectivity index (χ0v) is 6.81. The summed E-state index contributed by atoms with van der Waals surface area (Å²) in [5.41, 5.74) is 0.747. The third-order valence-corrected chi connectivity index (χ3v) is 1.42. The molecular weight excluding hydrogens is 175 g/mol. The molecule has 0 saturated carbocycles. The summed E-state index contributed by atoms with van der Waals surface area (Å²) >= 11 is 0. The molecule has 1 unspecified atom stereocenters. The molecule has 3 nitrogen and oxygen atoms in total. The van der Waals surface area contributed by atoms with E-state index >= 15 is 0 Å². The van der Waals surface area contributed by atoms with Crippen LogP contribution in [0.3, 0.4) is 0 Å². The van der Waals surface area contributed by atoms with E-state index < -0.39 is 12.3 Å². The lowest BCUT2D eigenvalue weighted by molar-refractivity contribution is -0.164. The van der Waals surface area contributed by atoms with Gasteiger partial charge in [-0.2, -0.15) is 0 Å². The average Bonchev–Trinajstić information content (AvgIpc) is 2.15. The highest BCUT2D eigenvalue weighted by Crippen LogP contribution is 2.01. The first kappa shape index (κ1) is 9.67. The second-order valence-corrected chi connectivity index (χ2v) is 2.43. The zero-order valence-electron chi connectivity index (χ0n) is 6.81. The van der Waals surface area contributed by atoms with Crippen LogP contribution in [0.1, 0.15) is 5.56 Å². The fraction of sp³-hybridized carbons (Fsp3) is 0.222. The predicted molar refractivity (Wildman–Crippen MR) is 43.4 cm³/mol. The van der Waals surface area contributed by atoms with Gasteiger partial charge in [0, 0.05) is 0 Å². The molecule has 0 fully saturated rings. The number of carbonyl (C=O) groups is 1. The second-order valence-electron chi connectivity index (χ2n) is 2.43. The number of halogens is 1. The van der Waals surface area contributed by atoms with Gasteiger partial charge < -0.3 is 9.84 Å². The van der Waals surface area contributed by atoms with Crippen molar-refractivity contribution in [1.29, 1.82) is 0 Å². The lowest BCUT2D eigenvalue weighted by atomic mass is 10.2. The van der Waals surface area contributed by atoms with Crippen LogP contribution in [-0.4, -0.2) is 17.4 Å². The van der Waals surface area contributed by atoms with Gasteiger partial charge in [-0.05, 0) is 5.56 Å². The number of ether oxygens (including phenoxy) is 1. The number of rotatable bonds is 3. The number of aliphatic hydroxyl groups excluding tert-OH is 1. The Balaban J connectivity index is 2.40. The van der Waals surface area contributed by atoms with Gasteiger partial charge in [0.25, 0.3) is 6.36 Å². The maximum atomic E-state index is 11.9. The van der Waals surface area contributed by atoms with Crippen molar-refractivity contribution in [3.05, 3.63) is 35.9 Å². The third kappa shape index (κ3) is 3.21. The van der Waals surface area contributed by atoms with E-state index in [0.717, 1.165) is 5.56 Å². The highest BCUT2D eigenvalue weighted by atomic mass is 19.1. The van der Waals surface area contributed by atoms with E-state index in [1.54, 1.807) is 24.3 Å². The largest absolute Gasteiger partial charge is 0.457 e. The first-order valence-corrected chi connectivity index (χ1v) is 3.73. The molecule has 70 valence electrons. The van der Waals surface area contributed by atoms with E-state index in [2.05, 4.69) is 4.74 Å². The van der Waals surface area contributed by atoms with Crippen LogP contribution in [0, 0.1) is 0 Å². The van der Waals surface area contributed by atoms with Crippen LogP contribution in [0.15, 0.2) is 30.3 Å². The summed E-state index contributed by atoms with van der Waals surface area (Å²) in [4.78, 5) is 10.5. The van der Waals surface area contributed by atoms with E-state index in [4.69, 9.17) is 5.11 Å². The van der Waals surface area contributed by atoms with Crippen LogP contribution in [-0.2, 0) is 16.1 Å². The molecular formula is C9H9FO3. The summed E-state index contributed by atoms with van der Waals surface area (Å²) < 4.78 is 16.3. The van der Waals surface area contributed by atoms with Gasteiger partial charge in [-0.1, -0.05) is 30.3 Å². The van der Waals surface area contributed by atoms with Gasteiger partial charge >= 0.3 is 5.97 Å². The molecule has 1 aromatic carbocycles. The normalized spacial score (nSPS) is 12.2. The van der Waals surface area contributed by atoms with E-state index in [-0.39, 0.29) is 6.61 Å². The van der Waals surface area contributed by atoms with Gasteiger partial charge in [0.15, 0.2) is 0 Å². The first-order valence-electron chi connectivity index (χ1n) is 3.73. The van der Waals surface area contributed by atoms with Crippen LogP contribution >= 0.6 is 0 Å². The Morgan fingerprint density at radius 1 is 1.46 bits per heavy atom. The van der Waals surface area contributed by atoms with Crippen molar-refractivity contribution in [2.75, 3.05) is 0 Å². The number of esters is 1. The molecule has 0 aliphatic heterocycles. The molecule has 4 heteroatoms. The van der Waals surface area contributed by atoms with Gasteiger partial charge in [-0.15, -0.1) is 0 Å². The molecule has 0 aromatic heterocycles. The van der Waals surface area contributed by atoms with E-state index in [9.17, 15) is 9.18 Å². The highest BCUT2D eigenvalue weighted by molar-refractivity contribution is 5.72. The molecule has 13 heavy (non-hydrogen) atoms. The standard InChI is InChI=1S/C9H9FO3/c10-8(11)9(12)13-6-7-4-2-1-3-5-7/h1-5,8,11H,6H2. The molecule has 0 bridgehead atoms. The smallest absolute Gasteiger partial charge is 0.368 e. The van der Waals surface area contributed by atoms with Crippen molar-refractivity contribution in [3.8, 4) is 0 Å². The maximum Gasteiger partial charge on any atom is 0.368 e. The zero-order chi connectivity index (χ0) is 9.68. The Bertz CT molecular complexity index is 271. The summed E-state index contributed by atoms with van der Waals surface area (Å²) in [5.74, 6) is -1.26. The molecule has 0 aliphatic rings. The SMILES string of the molecule is O=C(OCc1ccccc1)C(O)F. The van der Waals surface area contributed by atoms with E-state index in [1.807, 2.05) is 6.07 Å². The molecule has 1 aromatic rings. The summed E-state index contributed by atoms with van der Waals surface area (Å²) in [6.07, 6.45) is -2.55. The lowest BCUT2D eigenvalue weighted by Crippen LogP contribution is -2.17. The Labute approximate surface area is 74.8 Å². The van der Waals surface area contributed by atoms with Crippen LogP contribution in [0.4, 0.5) is 4.39 Å². The average molecular weight is 184 g/mol. The molecule has 0 aliphatic carbocycles. The minimum atomic E-state index is -2.55. The summed E-state index contributed by atoms with van der Waals surface area (Å²) in [7, 11) is 0. The number of benzene rings is 1. The minimum Gasteiger partial charge on any atom is -0.457 e. The fourth-order valence-corrected chi connectivity index (χ4v) is 0.797. The molecule has 1 atom stereocenters. The van der Waals surface area contributed by atoms with Crippen molar-refractivity contribution >= 4 is 5.97 Å². The van der Waals surface area contributed by atoms with Crippen LogP contribution in [0.25, 0.3) is 0 Å². The quantitative estimate of drug-likeness (QED) is 0.713. The van der Waals surface area contributed by atoms with Gasteiger partial charge in [-0.3, -0.25) is 0 Å². The lowest BCUT2D eigenvalue weighted by Gasteiger charge is -2.03. The Morgan fingerprint density at radius 3 is 2.62 bits per heavy atom.